The van der Waals surface area contributed by atoms with Crippen LogP contribution in [0.3, 0.4) is 0 Å². The lowest BCUT2D eigenvalue weighted by molar-refractivity contribution is -0.129. The fraction of sp³-hybridized carbons (Fsp3) is 0.231. The third-order valence-corrected chi connectivity index (χ3v) is 2.98. The number of aryl methyl sites for hydroxylation is 1. The number of carbonyl (C=O) groups is 2. The molecule has 0 saturated carbocycles. The quantitative estimate of drug-likeness (QED) is 0.672. The first kappa shape index (κ1) is 12.2. The maximum absolute atomic E-state index is 11.4. The number of primary amides is 2. The van der Waals surface area contributed by atoms with Crippen molar-refractivity contribution in [1.82, 2.24) is 0 Å². The van der Waals surface area contributed by atoms with Gasteiger partial charge in [0.2, 0.25) is 11.8 Å². The Morgan fingerprint density at radius 3 is 2.56 bits per heavy atom. The average molecular weight is 245 g/mol. The Morgan fingerprint density at radius 2 is 1.94 bits per heavy atom. The van der Waals surface area contributed by atoms with Crippen molar-refractivity contribution in [2.45, 2.75) is 6.92 Å². The summed E-state index contributed by atoms with van der Waals surface area (Å²) < 4.78 is 0. The van der Waals surface area contributed by atoms with Gasteiger partial charge in [-0.25, -0.2) is 0 Å². The molecule has 0 fully saturated rings. The number of hydrogen-bond donors (Lipinski definition) is 3. The van der Waals surface area contributed by atoms with Crippen LogP contribution in [0, 0.1) is 12.8 Å². The number of amides is 2. The Hall–Kier alpha value is -2.30. The number of benzene rings is 1. The standard InChI is InChI=1S/C13H15N3O2/c1-7-2-3-10-9(6-7)8(4-5-16-10)11(12(14)17)13(15)18/h2-4,6,11,16H,5H2,1H3,(H2,14,17)(H2,15,18). The smallest absolute Gasteiger partial charge is 0.234 e. The number of fused-ring (bicyclic) bond motifs is 1. The van der Waals surface area contributed by atoms with Crippen LogP contribution in [0.5, 0.6) is 0 Å². The highest BCUT2D eigenvalue weighted by Crippen LogP contribution is 2.33. The lowest BCUT2D eigenvalue weighted by atomic mass is 9.87. The van der Waals surface area contributed by atoms with Gasteiger partial charge in [0.05, 0.1) is 0 Å². The lowest BCUT2D eigenvalue weighted by Crippen LogP contribution is -2.36. The van der Waals surface area contributed by atoms with E-state index in [4.69, 9.17) is 11.5 Å². The van der Waals surface area contributed by atoms with Crippen LogP contribution in [0.15, 0.2) is 24.3 Å². The molecule has 5 N–H and O–H groups in total. The first-order valence-corrected chi connectivity index (χ1v) is 5.64. The third-order valence-electron chi connectivity index (χ3n) is 2.98. The van der Waals surface area contributed by atoms with Crippen LogP contribution in [0.25, 0.3) is 5.57 Å². The molecule has 0 aliphatic carbocycles. The molecule has 0 unspecified atom stereocenters. The molecule has 0 saturated heterocycles. The molecule has 5 heteroatoms. The zero-order valence-electron chi connectivity index (χ0n) is 10.1. The van der Waals surface area contributed by atoms with E-state index in [1.165, 1.54) is 0 Å². The number of nitrogens with one attached hydrogen (secondary N) is 1. The molecule has 2 rings (SSSR count). The van der Waals surface area contributed by atoms with Crippen LogP contribution in [0.4, 0.5) is 5.69 Å². The van der Waals surface area contributed by atoms with Crippen LogP contribution < -0.4 is 16.8 Å². The van der Waals surface area contributed by atoms with Gasteiger partial charge < -0.3 is 16.8 Å². The van der Waals surface area contributed by atoms with E-state index in [0.29, 0.717) is 12.1 Å². The van der Waals surface area contributed by atoms with Crippen LogP contribution in [0.2, 0.25) is 0 Å². The molecule has 0 spiro atoms. The van der Waals surface area contributed by atoms with E-state index < -0.39 is 17.7 Å². The summed E-state index contributed by atoms with van der Waals surface area (Å²) in [7, 11) is 0. The minimum absolute atomic E-state index is 0.544. The van der Waals surface area contributed by atoms with Gasteiger partial charge in [0.25, 0.3) is 0 Å². The molecule has 1 aliphatic rings. The molecule has 0 radical (unpaired) electrons. The summed E-state index contributed by atoms with van der Waals surface area (Å²) in [6, 6.07) is 5.78. The minimum atomic E-state index is -1.08. The summed E-state index contributed by atoms with van der Waals surface area (Å²) in [5, 5.41) is 3.17. The Balaban J connectivity index is 2.53. The second-order valence-corrected chi connectivity index (χ2v) is 4.33. The second-order valence-electron chi connectivity index (χ2n) is 4.33. The predicted octanol–water partition coefficient (Wildman–Crippen LogP) is 0.391. The van der Waals surface area contributed by atoms with Crippen molar-refractivity contribution in [2.75, 3.05) is 11.9 Å². The summed E-state index contributed by atoms with van der Waals surface area (Å²) in [5.41, 5.74) is 13.8. The summed E-state index contributed by atoms with van der Waals surface area (Å²) in [4.78, 5) is 22.8. The highest BCUT2D eigenvalue weighted by molar-refractivity contribution is 6.11. The van der Waals surface area contributed by atoms with Crippen molar-refractivity contribution >= 4 is 23.1 Å². The van der Waals surface area contributed by atoms with Crippen LogP contribution >= 0.6 is 0 Å². The third kappa shape index (κ3) is 2.07. The SMILES string of the molecule is Cc1ccc2c(c1)C(C(C(N)=O)C(N)=O)=CCN2. The first-order valence-electron chi connectivity index (χ1n) is 5.64. The largest absolute Gasteiger partial charge is 0.381 e. The van der Waals surface area contributed by atoms with Crippen molar-refractivity contribution in [1.29, 1.82) is 0 Å². The summed E-state index contributed by atoms with van der Waals surface area (Å²) in [6.07, 6.45) is 1.78. The molecule has 1 heterocycles. The lowest BCUT2D eigenvalue weighted by Gasteiger charge is -2.23. The normalized spacial score (nSPS) is 13.6. The number of hydrogen-bond acceptors (Lipinski definition) is 3. The van der Waals surface area contributed by atoms with Gasteiger partial charge in [-0.2, -0.15) is 0 Å². The molecule has 1 aliphatic heterocycles. The van der Waals surface area contributed by atoms with Gasteiger partial charge in [0, 0.05) is 17.8 Å². The molecule has 1 aromatic rings. The molecule has 0 aromatic heterocycles. The summed E-state index contributed by atoms with van der Waals surface area (Å²) in [6.45, 7) is 2.48. The predicted molar refractivity (Wildman–Crippen MR) is 69.5 cm³/mol. The Morgan fingerprint density at radius 1 is 1.28 bits per heavy atom. The second kappa shape index (κ2) is 4.52. The maximum atomic E-state index is 11.4. The number of anilines is 1. The molecule has 5 nitrogen and oxygen atoms in total. The average Bonchev–Trinajstić information content (AvgIpc) is 2.29. The van der Waals surface area contributed by atoms with Crippen molar-refractivity contribution in [3.8, 4) is 0 Å². The van der Waals surface area contributed by atoms with Crippen molar-refractivity contribution in [3.63, 3.8) is 0 Å². The van der Waals surface area contributed by atoms with E-state index >= 15 is 0 Å². The molecule has 18 heavy (non-hydrogen) atoms. The van der Waals surface area contributed by atoms with E-state index in [2.05, 4.69) is 5.32 Å². The number of nitrogens with two attached hydrogens (primary N) is 2. The van der Waals surface area contributed by atoms with E-state index in [1.54, 1.807) is 6.08 Å². The minimum Gasteiger partial charge on any atom is -0.381 e. The molecule has 1 aromatic carbocycles. The fourth-order valence-corrected chi connectivity index (χ4v) is 2.15. The van der Waals surface area contributed by atoms with Gasteiger partial charge in [-0.1, -0.05) is 17.7 Å². The van der Waals surface area contributed by atoms with Crippen molar-refractivity contribution in [3.05, 3.63) is 35.4 Å². The molecular formula is C13H15N3O2. The van der Waals surface area contributed by atoms with Gasteiger partial charge in [-0.3, -0.25) is 9.59 Å². The van der Waals surface area contributed by atoms with E-state index in [1.807, 2.05) is 25.1 Å². The van der Waals surface area contributed by atoms with E-state index in [-0.39, 0.29) is 0 Å². The van der Waals surface area contributed by atoms with Crippen molar-refractivity contribution < 1.29 is 9.59 Å². The van der Waals surface area contributed by atoms with Crippen LogP contribution in [0.1, 0.15) is 11.1 Å². The van der Waals surface area contributed by atoms with Crippen LogP contribution in [-0.4, -0.2) is 18.4 Å². The zero-order chi connectivity index (χ0) is 13.3. The van der Waals surface area contributed by atoms with Gasteiger partial charge in [0.15, 0.2) is 0 Å². The van der Waals surface area contributed by atoms with Gasteiger partial charge in [-0.05, 0) is 24.6 Å². The Bertz CT molecular complexity index is 535. The molecule has 2 amide bonds. The molecule has 94 valence electrons. The zero-order valence-corrected chi connectivity index (χ0v) is 10.1. The van der Waals surface area contributed by atoms with Gasteiger partial charge in [-0.15, -0.1) is 0 Å². The highest BCUT2D eigenvalue weighted by atomic mass is 16.2. The maximum Gasteiger partial charge on any atom is 0.234 e. The molecular weight excluding hydrogens is 230 g/mol. The van der Waals surface area contributed by atoms with Crippen LogP contribution in [-0.2, 0) is 9.59 Å². The Labute approximate surface area is 105 Å². The van der Waals surface area contributed by atoms with E-state index in [9.17, 15) is 9.59 Å². The van der Waals surface area contributed by atoms with Gasteiger partial charge >= 0.3 is 0 Å². The topological polar surface area (TPSA) is 98.2 Å². The fourth-order valence-electron chi connectivity index (χ4n) is 2.15. The number of carbonyl (C=O) groups excluding carboxylic acids is 2. The Kier molecular flexibility index (Phi) is 3.06. The molecule has 0 atom stereocenters. The summed E-state index contributed by atoms with van der Waals surface area (Å²) in [5.74, 6) is -2.51. The highest BCUT2D eigenvalue weighted by Gasteiger charge is 2.29. The number of rotatable bonds is 3. The summed E-state index contributed by atoms with van der Waals surface area (Å²) >= 11 is 0. The molecule has 0 bridgehead atoms. The van der Waals surface area contributed by atoms with Crippen molar-refractivity contribution in [2.24, 2.45) is 17.4 Å². The monoisotopic (exact) mass is 245 g/mol. The van der Waals surface area contributed by atoms with E-state index in [0.717, 1.165) is 16.8 Å². The van der Waals surface area contributed by atoms with Gasteiger partial charge in [0.1, 0.15) is 5.92 Å². The first-order chi connectivity index (χ1) is 8.50.